The van der Waals surface area contributed by atoms with Gasteiger partial charge in [-0.25, -0.2) is 0 Å². The summed E-state index contributed by atoms with van der Waals surface area (Å²) in [5, 5.41) is 7.08. The minimum absolute atomic E-state index is 0.00580. The van der Waals surface area contributed by atoms with Gasteiger partial charge in [-0.3, -0.25) is 14.5 Å². The van der Waals surface area contributed by atoms with Crippen LogP contribution in [0.5, 0.6) is 0 Å². The Hall–Kier alpha value is -3.32. The molecular formula is C24H26N4O3. The van der Waals surface area contributed by atoms with Crippen LogP contribution in [0, 0.1) is 12.8 Å². The van der Waals surface area contributed by atoms with Crippen molar-refractivity contribution in [2.24, 2.45) is 5.92 Å². The highest BCUT2D eigenvalue weighted by Gasteiger charge is 2.27. The first-order valence-corrected chi connectivity index (χ1v) is 10.5. The number of Topliss-reactive ketones (excluding diaryl/α,β-unsaturated/α-hetero) is 1. The fourth-order valence-electron chi connectivity index (χ4n) is 3.78. The highest BCUT2D eigenvalue weighted by atomic mass is 16.5. The molecule has 4 rings (SSSR count). The van der Waals surface area contributed by atoms with Gasteiger partial charge in [-0.1, -0.05) is 22.9 Å². The summed E-state index contributed by atoms with van der Waals surface area (Å²) >= 11 is 0. The zero-order valence-electron chi connectivity index (χ0n) is 17.8. The normalized spacial score (nSPS) is 16.8. The molecule has 1 N–H and O–H groups in total. The number of piperidine rings is 1. The van der Waals surface area contributed by atoms with E-state index in [1.807, 2.05) is 31.2 Å². The van der Waals surface area contributed by atoms with Crippen LogP contribution in [0.25, 0.3) is 11.5 Å². The minimum atomic E-state index is -0.107. The average Bonchev–Trinajstić information content (AvgIpc) is 3.23. The molecule has 0 spiro atoms. The van der Waals surface area contributed by atoms with E-state index in [1.165, 1.54) is 12.5 Å². The second-order valence-corrected chi connectivity index (χ2v) is 8.08. The van der Waals surface area contributed by atoms with Crippen LogP contribution in [0.3, 0.4) is 0 Å². The Morgan fingerprint density at radius 1 is 1.13 bits per heavy atom. The molecular weight excluding hydrogens is 392 g/mol. The molecule has 160 valence electrons. The number of aromatic nitrogens is 2. The van der Waals surface area contributed by atoms with Crippen LogP contribution in [0.2, 0.25) is 0 Å². The number of benzene rings is 2. The fourth-order valence-corrected chi connectivity index (χ4v) is 3.78. The number of carbonyl (C=O) groups is 2. The summed E-state index contributed by atoms with van der Waals surface area (Å²) in [7, 11) is 0. The van der Waals surface area contributed by atoms with E-state index in [1.54, 1.807) is 24.3 Å². The largest absolute Gasteiger partial charge is 0.334 e. The van der Waals surface area contributed by atoms with Crippen molar-refractivity contribution in [3.8, 4) is 11.5 Å². The quantitative estimate of drug-likeness (QED) is 0.607. The molecule has 0 aliphatic carbocycles. The third kappa shape index (κ3) is 5.24. The number of nitrogens with one attached hydrogen (secondary N) is 1. The summed E-state index contributed by atoms with van der Waals surface area (Å²) in [5.41, 5.74) is 3.41. The maximum Gasteiger partial charge on any atom is 0.257 e. The number of carbonyl (C=O) groups excluding carboxylic acids is 2. The molecule has 1 fully saturated rings. The third-order valence-corrected chi connectivity index (χ3v) is 5.57. The van der Waals surface area contributed by atoms with Gasteiger partial charge in [0.05, 0.1) is 12.5 Å². The van der Waals surface area contributed by atoms with Gasteiger partial charge in [-0.05, 0) is 69.6 Å². The van der Waals surface area contributed by atoms with Crippen molar-refractivity contribution in [3.05, 3.63) is 65.5 Å². The van der Waals surface area contributed by atoms with Crippen LogP contribution in [0.15, 0.2) is 53.1 Å². The molecule has 1 atom stereocenters. The zero-order valence-corrected chi connectivity index (χ0v) is 17.8. The van der Waals surface area contributed by atoms with Gasteiger partial charge in [0.15, 0.2) is 11.6 Å². The monoisotopic (exact) mass is 418 g/mol. The Kier molecular flexibility index (Phi) is 6.23. The van der Waals surface area contributed by atoms with E-state index in [2.05, 4.69) is 20.4 Å². The molecule has 7 heteroatoms. The molecule has 1 amide bonds. The van der Waals surface area contributed by atoms with Gasteiger partial charge in [0.25, 0.3) is 5.89 Å². The number of anilines is 1. The molecule has 31 heavy (non-hydrogen) atoms. The van der Waals surface area contributed by atoms with E-state index in [0.717, 1.165) is 24.9 Å². The van der Waals surface area contributed by atoms with Crippen molar-refractivity contribution >= 4 is 17.4 Å². The topological polar surface area (TPSA) is 88.3 Å². The van der Waals surface area contributed by atoms with Crippen LogP contribution >= 0.6 is 0 Å². The number of likely N-dealkylation sites (tertiary alicyclic amines) is 1. The number of aryl methyl sites for hydroxylation is 1. The SMILES string of the molecule is CC(=O)c1ccc(NC(=O)[C@H]2CCCN(Cc3noc(-c4ccc(C)cc4)n3)C2)cc1. The molecule has 2 heterocycles. The van der Waals surface area contributed by atoms with Gasteiger partial charge in [0.1, 0.15) is 0 Å². The third-order valence-electron chi connectivity index (χ3n) is 5.57. The molecule has 0 saturated carbocycles. The van der Waals surface area contributed by atoms with E-state index in [9.17, 15) is 9.59 Å². The smallest absolute Gasteiger partial charge is 0.257 e. The van der Waals surface area contributed by atoms with Crippen LogP contribution in [-0.4, -0.2) is 39.8 Å². The Balaban J connectivity index is 1.34. The van der Waals surface area contributed by atoms with Gasteiger partial charge < -0.3 is 9.84 Å². The van der Waals surface area contributed by atoms with Crippen molar-refractivity contribution in [1.29, 1.82) is 0 Å². The number of hydrogen-bond donors (Lipinski definition) is 1. The van der Waals surface area contributed by atoms with Crippen molar-refractivity contribution in [2.45, 2.75) is 33.2 Å². The van der Waals surface area contributed by atoms with E-state index in [0.29, 0.717) is 36.1 Å². The summed E-state index contributed by atoms with van der Waals surface area (Å²) in [5.74, 6) is 1.03. The first kappa shape index (κ1) is 20.9. The second-order valence-electron chi connectivity index (χ2n) is 8.08. The summed E-state index contributed by atoms with van der Waals surface area (Å²) in [4.78, 5) is 30.9. The zero-order chi connectivity index (χ0) is 21.8. The maximum atomic E-state index is 12.7. The van der Waals surface area contributed by atoms with Crippen LogP contribution in [0.1, 0.15) is 41.5 Å². The maximum absolute atomic E-state index is 12.7. The molecule has 2 aromatic carbocycles. The van der Waals surface area contributed by atoms with Gasteiger partial charge in [-0.2, -0.15) is 4.98 Å². The van der Waals surface area contributed by atoms with Gasteiger partial charge in [0.2, 0.25) is 5.91 Å². The van der Waals surface area contributed by atoms with Gasteiger partial charge >= 0.3 is 0 Å². The molecule has 1 aliphatic heterocycles. The number of nitrogens with zero attached hydrogens (tertiary/aromatic N) is 3. The lowest BCUT2D eigenvalue weighted by molar-refractivity contribution is -0.121. The highest BCUT2D eigenvalue weighted by Crippen LogP contribution is 2.22. The molecule has 0 radical (unpaired) electrons. The van der Waals surface area contributed by atoms with E-state index in [4.69, 9.17) is 4.52 Å². The van der Waals surface area contributed by atoms with Crippen LogP contribution in [0.4, 0.5) is 5.69 Å². The first-order valence-electron chi connectivity index (χ1n) is 10.5. The summed E-state index contributed by atoms with van der Waals surface area (Å²) in [6, 6.07) is 15.0. The summed E-state index contributed by atoms with van der Waals surface area (Å²) in [6.07, 6.45) is 1.78. The Labute approximate surface area is 181 Å². The Bertz CT molecular complexity index is 1060. The molecule has 0 bridgehead atoms. The Morgan fingerprint density at radius 2 is 1.87 bits per heavy atom. The van der Waals surface area contributed by atoms with E-state index < -0.39 is 0 Å². The van der Waals surface area contributed by atoms with Crippen molar-refractivity contribution in [1.82, 2.24) is 15.0 Å². The number of amides is 1. The average molecular weight is 418 g/mol. The molecule has 1 aromatic heterocycles. The standard InChI is InChI=1S/C24H26N4O3/c1-16-5-7-19(8-6-16)24-26-22(27-31-24)15-28-13-3-4-20(14-28)23(30)25-21-11-9-18(10-12-21)17(2)29/h5-12,20H,3-4,13-15H2,1-2H3,(H,25,30)/t20-/m0/s1. The van der Waals surface area contributed by atoms with E-state index >= 15 is 0 Å². The van der Waals surface area contributed by atoms with Crippen molar-refractivity contribution in [2.75, 3.05) is 18.4 Å². The molecule has 1 saturated heterocycles. The molecule has 0 unspecified atom stereocenters. The van der Waals surface area contributed by atoms with E-state index in [-0.39, 0.29) is 17.6 Å². The molecule has 1 aliphatic rings. The van der Waals surface area contributed by atoms with Crippen molar-refractivity contribution in [3.63, 3.8) is 0 Å². The lowest BCUT2D eigenvalue weighted by Gasteiger charge is -2.31. The first-order chi connectivity index (χ1) is 15.0. The second kappa shape index (κ2) is 9.22. The number of rotatable bonds is 6. The number of hydrogen-bond acceptors (Lipinski definition) is 6. The highest BCUT2D eigenvalue weighted by molar-refractivity contribution is 5.96. The van der Waals surface area contributed by atoms with Crippen LogP contribution < -0.4 is 5.32 Å². The predicted octanol–water partition coefficient (Wildman–Crippen LogP) is 4.10. The molecule has 7 nitrogen and oxygen atoms in total. The van der Waals surface area contributed by atoms with Crippen molar-refractivity contribution < 1.29 is 14.1 Å². The van der Waals surface area contributed by atoms with Gasteiger partial charge in [0, 0.05) is 23.4 Å². The van der Waals surface area contributed by atoms with Crippen LogP contribution in [-0.2, 0) is 11.3 Å². The molecule has 3 aromatic rings. The lowest BCUT2D eigenvalue weighted by Crippen LogP contribution is -2.40. The van der Waals surface area contributed by atoms with Gasteiger partial charge in [-0.15, -0.1) is 0 Å². The Morgan fingerprint density at radius 3 is 2.58 bits per heavy atom. The number of ketones is 1. The summed E-state index contributed by atoms with van der Waals surface area (Å²) in [6.45, 7) is 5.65. The summed E-state index contributed by atoms with van der Waals surface area (Å²) < 4.78 is 5.42. The lowest BCUT2D eigenvalue weighted by atomic mass is 9.97. The predicted molar refractivity (Wildman–Crippen MR) is 118 cm³/mol. The fraction of sp³-hybridized carbons (Fsp3) is 0.333. The minimum Gasteiger partial charge on any atom is -0.334 e.